The molecule has 2 atom stereocenters. The topological polar surface area (TPSA) is 132 Å². The summed E-state index contributed by atoms with van der Waals surface area (Å²) in [7, 11) is 1.34. The summed E-state index contributed by atoms with van der Waals surface area (Å²) in [5.74, 6) is 0.339. The number of methoxy groups -OCH3 is 1. The number of aromatic nitrogens is 1. The lowest BCUT2D eigenvalue weighted by atomic mass is 9.98. The molecule has 1 aliphatic heterocycles. The van der Waals surface area contributed by atoms with Crippen molar-refractivity contribution < 1.29 is 14.0 Å². The average Bonchev–Trinajstić information content (AvgIpc) is 2.92. The van der Waals surface area contributed by atoms with Gasteiger partial charge in [-0.3, -0.25) is 5.41 Å². The predicted molar refractivity (Wildman–Crippen MR) is 113 cm³/mol. The highest BCUT2D eigenvalue weighted by molar-refractivity contribution is 7.45. The molecular weight excluding hydrogens is 379 g/mol. The minimum atomic E-state index is -1.99. The molecule has 1 aromatic heterocycles. The number of hydrogen-bond acceptors (Lipinski definition) is 8. The Labute approximate surface area is 166 Å². The molecule has 0 spiro atoms. The molecule has 1 aromatic rings. The van der Waals surface area contributed by atoms with Crippen molar-refractivity contribution in [2.45, 2.75) is 18.9 Å². The van der Waals surface area contributed by atoms with Crippen molar-refractivity contribution in [2.24, 2.45) is 0 Å². The van der Waals surface area contributed by atoms with Crippen LogP contribution in [0.15, 0.2) is 23.5 Å². The zero-order valence-corrected chi connectivity index (χ0v) is 17.5. The first-order valence-electron chi connectivity index (χ1n) is 9.12. The Bertz CT molecular complexity index is 768. The Morgan fingerprint density at radius 3 is 2.86 bits per heavy atom. The molecule has 154 valence electrons. The van der Waals surface area contributed by atoms with Gasteiger partial charge in [0, 0.05) is 43.3 Å². The zero-order valence-electron chi connectivity index (χ0n) is 16.5. The van der Waals surface area contributed by atoms with Crippen LogP contribution in [0.5, 0.6) is 5.88 Å². The van der Waals surface area contributed by atoms with Gasteiger partial charge in [-0.25, -0.2) is 4.98 Å². The van der Waals surface area contributed by atoms with Gasteiger partial charge in [-0.05, 0) is 25.1 Å². The van der Waals surface area contributed by atoms with Crippen LogP contribution in [0.4, 0.5) is 5.69 Å². The van der Waals surface area contributed by atoms with E-state index >= 15 is 0 Å². The summed E-state index contributed by atoms with van der Waals surface area (Å²) in [6.07, 6.45) is 4.16. The maximum atomic E-state index is 11.7. The van der Waals surface area contributed by atoms with E-state index in [-0.39, 0.29) is 6.04 Å². The minimum Gasteiger partial charge on any atom is -0.480 e. The van der Waals surface area contributed by atoms with Crippen LogP contribution in [0.3, 0.4) is 0 Å². The van der Waals surface area contributed by atoms with Crippen LogP contribution < -0.4 is 20.5 Å². The first-order valence-corrected chi connectivity index (χ1v) is 11.0. The second-order valence-corrected chi connectivity index (χ2v) is 7.74. The van der Waals surface area contributed by atoms with Crippen molar-refractivity contribution >= 4 is 25.6 Å². The number of pyridine rings is 1. The van der Waals surface area contributed by atoms with Gasteiger partial charge < -0.3 is 35.2 Å². The molecule has 0 bridgehead atoms. The van der Waals surface area contributed by atoms with Crippen LogP contribution in [0.1, 0.15) is 18.4 Å². The number of hydrogen-bond donors (Lipinski definition) is 5. The van der Waals surface area contributed by atoms with Crippen LogP contribution in [-0.4, -0.2) is 63.5 Å². The zero-order chi connectivity index (χ0) is 20.5. The first-order chi connectivity index (χ1) is 13.5. The molecule has 2 rings (SSSR count). The Hall–Kier alpha value is -2.22. The highest BCUT2D eigenvalue weighted by Gasteiger charge is 2.20. The molecule has 2 unspecified atom stereocenters. The minimum absolute atomic E-state index is 0.169. The number of nitrogens with one attached hydrogen (secondary N) is 5. The molecule has 0 radical (unpaired) electrons. The van der Waals surface area contributed by atoms with E-state index in [0.29, 0.717) is 55.4 Å². The van der Waals surface area contributed by atoms with Gasteiger partial charge in [-0.1, -0.05) is 0 Å². The molecule has 0 aromatic carbocycles. The van der Waals surface area contributed by atoms with E-state index < -0.39 is 7.95 Å². The maximum Gasteiger partial charge on any atom is 0.237 e. The Morgan fingerprint density at radius 1 is 1.46 bits per heavy atom. The quantitative estimate of drug-likeness (QED) is 0.295. The summed E-state index contributed by atoms with van der Waals surface area (Å²) in [4.78, 5) is 4.25. The van der Waals surface area contributed by atoms with E-state index in [1.54, 1.807) is 18.9 Å². The van der Waals surface area contributed by atoms with Crippen LogP contribution in [-0.2, 0) is 9.30 Å². The lowest BCUT2D eigenvalue weighted by molar-refractivity contribution is 0.145. The molecule has 0 amide bonds. The fourth-order valence-corrected chi connectivity index (χ4v) is 3.55. The predicted octanol–water partition coefficient (Wildman–Crippen LogP) is 1.87. The second kappa shape index (κ2) is 10.9. The maximum absolute atomic E-state index is 11.7. The Morgan fingerprint density at radius 2 is 2.21 bits per heavy atom. The molecule has 0 saturated carbocycles. The standard InChI is InChI=1S/C18H29N6O3P/c1-21-11-13(9-19)23-15-5-7-27-6-4-14(15)17(20)12-8-16(24-28(3)25)18(26-2)22-10-12/h8-10,13,19-21,23,28H,4-7,11H2,1-3H3,(H,24,25). The first kappa shape index (κ1) is 22.1. The van der Waals surface area contributed by atoms with Crippen molar-refractivity contribution in [3.8, 4) is 5.88 Å². The van der Waals surface area contributed by atoms with Gasteiger partial charge in [-0.2, -0.15) is 0 Å². The largest absolute Gasteiger partial charge is 0.480 e. The van der Waals surface area contributed by atoms with Gasteiger partial charge in [0.05, 0.1) is 32.1 Å². The lowest BCUT2D eigenvalue weighted by Crippen LogP contribution is -2.39. The summed E-state index contributed by atoms with van der Waals surface area (Å²) < 4.78 is 22.5. The molecule has 9 nitrogen and oxygen atoms in total. The van der Waals surface area contributed by atoms with Gasteiger partial charge in [0.1, 0.15) is 5.69 Å². The number of rotatable bonds is 10. The van der Waals surface area contributed by atoms with Gasteiger partial charge >= 0.3 is 0 Å². The normalized spacial score (nSPS) is 16.7. The lowest BCUT2D eigenvalue weighted by Gasteiger charge is -2.21. The number of ether oxygens (including phenoxy) is 2. The van der Waals surface area contributed by atoms with E-state index in [2.05, 4.69) is 20.7 Å². The summed E-state index contributed by atoms with van der Waals surface area (Å²) in [6, 6.07) is 1.57. The fraction of sp³-hybridized carbons (Fsp3) is 0.500. The van der Waals surface area contributed by atoms with Crippen LogP contribution in [0.2, 0.25) is 0 Å². The monoisotopic (exact) mass is 408 g/mol. The van der Waals surface area contributed by atoms with Crippen molar-refractivity contribution in [3.63, 3.8) is 0 Å². The Balaban J connectivity index is 2.38. The highest BCUT2D eigenvalue weighted by atomic mass is 31.1. The summed E-state index contributed by atoms with van der Waals surface area (Å²) in [5, 5.41) is 25.7. The van der Waals surface area contributed by atoms with E-state index in [1.807, 2.05) is 7.05 Å². The van der Waals surface area contributed by atoms with Gasteiger partial charge in [0.15, 0.2) is 7.95 Å². The van der Waals surface area contributed by atoms with Crippen LogP contribution in [0, 0.1) is 10.8 Å². The van der Waals surface area contributed by atoms with E-state index in [9.17, 15) is 4.57 Å². The van der Waals surface area contributed by atoms with Crippen molar-refractivity contribution in [1.29, 1.82) is 10.8 Å². The van der Waals surface area contributed by atoms with Gasteiger partial charge in [-0.15, -0.1) is 0 Å². The van der Waals surface area contributed by atoms with Crippen LogP contribution >= 0.6 is 7.95 Å². The van der Waals surface area contributed by atoms with Gasteiger partial charge in [0.25, 0.3) is 0 Å². The van der Waals surface area contributed by atoms with E-state index in [0.717, 1.165) is 11.3 Å². The third-order valence-electron chi connectivity index (χ3n) is 4.29. The fourth-order valence-electron chi connectivity index (χ4n) is 2.99. The number of nitrogens with zero attached hydrogens (tertiary/aromatic N) is 1. The second-order valence-electron chi connectivity index (χ2n) is 6.38. The smallest absolute Gasteiger partial charge is 0.237 e. The number of anilines is 1. The molecule has 0 aliphatic carbocycles. The SMILES string of the molecule is CNCC(C=N)NC1=C(C(=N)c2cnc(OC)c(N[PH](C)=O)c2)CCOCC1. The van der Waals surface area contributed by atoms with Crippen molar-refractivity contribution in [1.82, 2.24) is 15.6 Å². The van der Waals surface area contributed by atoms with E-state index in [1.165, 1.54) is 13.3 Å². The molecule has 28 heavy (non-hydrogen) atoms. The molecular formula is C18H29N6O3P. The van der Waals surface area contributed by atoms with Crippen molar-refractivity contribution in [3.05, 3.63) is 29.1 Å². The molecule has 2 heterocycles. The highest BCUT2D eigenvalue weighted by Crippen LogP contribution is 2.30. The third kappa shape index (κ3) is 5.89. The van der Waals surface area contributed by atoms with E-state index in [4.69, 9.17) is 20.3 Å². The Kier molecular flexibility index (Phi) is 8.63. The molecule has 0 fully saturated rings. The average molecular weight is 408 g/mol. The summed E-state index contributed by atoms with van der Waals surface area (Å²) in [6.45, 7) is 3.29. The molecule has 1 aliphatic rings. The number of likely N-dealkylation sites (N-methyl/N-ethyl adjacent to an activating group) is 1. The van der Waals surface area contributed by atoms with Gasteiger partial charge in [0.2, 0.25) is 5.88 Å². The van der Waals surface area contributed by atoms with Crippen LogP contribution in [0.25, 0.3) is 0 Å². The third-order valence-corrected chi connectivity index (χ3v) is 4.91. The van der Waals surface area contributed by atoms with Crippen molar-refractivity contribution in [2.75, 3.05) is 45.7 Å². The summed E-state index contributed by atoms with van der Waals surface area (Å²) >= 11 is 0. The molecule has 10 heteroatoms. The molecule has 5 N–H and O–H groups in total. The summed E-state index contributed by atoms with van der Waals surface area (Å²) in [5.41, 5.74) is 3.17. The molecule has 0 saturated heterocycles.